The lowest BCUT2D eigenvalue weighted by Gasteiger charge is -2.36. The Hall–Kier alpha value is -2.99. The molecule has 132 valence electrons. The summed E-state index contributed by atoms with van der Waals surface area (Å²) in [7, 11) is 0. The van der Waals surface area contributed by atoms with E-state index < -0.39 is 23.5 Å². The number of carbonyl (C=O) groups excluding carboxylic acids is 3. The van der Waals surface area contributed by atoms with Gasteiger partial charge in [-0.25, -0.2) is 9.69 Å². The first-order chi connectivity index (χ1) is 12.7. The van der Waals surface area contributed by atoms with Gasteiger partial charge in [-0.1, -0.05) is 60.7 Å². The molecule has 1 atom stereocenters. The first kappa shape index (κ1) is 16.5. The van der Waals surface area contributed by atoms with Crippen molar-refractivity contribution in [3.05, 3.63) is 71.8 Å². The van der Waals surface area contributed by atoms with E-state index in [4.69, 9.17) is 0 Å². The Balaban J connectivity index is 1.94. The molecule has 6 nitrogen and oxygen atoms in total. The van der Waals surface area contributed by atoms with E-state index in [0.29, 0.717) is 17.5 Å². The molecule has 0 radical (unpaired) electrons. The molecule has 2 aromatic carbocycles. The smallest absolute Gasteiger partial charge is 0.306 e. The molecule has 0 spiro atoms. The van der Waals surface area contributed by atoms with Gasteiger partial charge in [0.1, 0.15) is 0 Å². The number of urea groups is 1. The second kappa shape index (κ2) is 6.38. The number of hydrogen-bond donors (Lipinski definition) is 2. The van der Waals surface area contributed by atoms with Crippen LogP contribution in [0.1, 0.15) is 24.0 Å². The number of hydrogen-bond acceptors (Lipinski definition) is 4. The highest BCUT2D eigenvalue weighted by atomic mass is 16.2. The van der Waals surface area contributed by atoms with Gasteiger partial charge in [-0.05, 0) is 30.5 Å². The first-order valence-electron chi connectivity index (χ1n) is 8.69. The van der Waals surface area contributed by atoms with Gasteiger partial charge in [0, 0.05) is 0 Å². The van der Waals surface area contributed by atoms with E-state index in [9.17, 15) is 14.4 Å². The van der Waals surface area contributed by atoms with Gasteiger partial charge >= 0.3 is 6.03 Å². The lowest BCUT2D eigenvalue weighted by atomic mass is 9.81. The molecule has 0 bridgehead atoms. The van der Waals surface area contributed by atoms with Gasteiger partial charge in [-0.15, -0.1) is 0 Å². The third-order valence-electron chi connectivity index (χ3n) is 5.05. The van der Waals surface area contributed by atoms with Crippen LogP contribution in [0, 0.1) is 0 Å². The Kier molecular flexibility index (Phi) is 4.05. The minimum atomic E-state index is -1.50. The van der Waals surface area contributed by atoms with E-state index >= 15 is 0 Å². The van der Waals surface area contributed by atoms with Gasteiger partial charge in [0.25, 0.3) is 5.91 Å². The predicted molar refractivity (Wildman–Crippen MR) is 95.1 cm³/mol. The number of nitrogens with zero attached hydrogens (tertiary/aromatic N) is 1. The predicted octanol–water partition coefficient (Wildman–Crippen LogP) is 1.76. The number of imide groups is 2. The van der Waals surface area contributed by atoms with Crippen LogP contribution in [0.3, 0.4) is 0 Å². The molecule has 0 unspecified atom stereocenters. The van der Waals surface area contributed by atoms with Gasteiger partial charge in [0.05, 0.1) is 6.04 Å². The molecule has 0 aromatic heterocycles. The van der Waals surface area contributed by atoms with Crippen molar-refractivity contribution >= 4 is 17.8 Å². The van der Waals surface area contributed by atoms with E-state index in [0.717, 1.165) is 17.9 Å². The van der Waals surface area contributed by atoms with Crippen LogP contribution in [-0.2, 0) is 15.1 Å². The van der Waals surface area contributed by atoms with E-state index in [2.05, 4.69) is 10.6 Å². The number of benzene rings is 2. The summed E-state index contributed by atoms with van der Waals surface area (Å²) in [4.78, 5) is 40.1. The van der Waals surface area contributed by atoms with E-state index in [-0.39, 0.29) is 5.91 Å². The van der Waals surface area contributed by atoms with Crippen LogP contribution in [0.5, 0.6) is 0 Å². The molecule has 2 aromatic rings. The highest BCUT2D eigenvalue weighted by Crippen LogP contribution is 2.40. The molecule has 4 rings (SSSR count). The molecular weight excluding hydrogens is 330 g/mol. The summed E-state index contributed by atoms with van der Waals surface area (Å²) >= 11 is 0. The SMILES string of the molecule is O=C1NC(=O)C(c2ccccc2)(c2ccccc2)N1C(=O)[C@@H]1CCCN1. The van der Waals surface area contributed by atoms with Crippen molar-refractivity contribution < 1.29 is 14.4 Å². The lowest BCUT2D eigenvalue weighted by Crippen LogP contribution is -2.55. The summed E-state index contributed by atoms with van der Waals surface area (Å²) in [5, 5.41) is 5.49. The van der Waals surface area contributed by atoms with Crippen LogP contribution in [0.15, 0.2) is 60.7 Å². The van der Waals surface area contributed by atoms with Crippen LogP contribution in [0.25, 0.3) is 0 Å². The zero-order chi connectivity index (χ0) is 18.1. The monoisotopic (exact) mass is 349 g/mol. The van der Waals surface area contributed by atoms with Crippen LogP contribution in [0.2, 0.25) is 0 Å². The van der Waals surface area contributed by atoms with Crippen molar-refractivity contribution in [2.75, 3.05) is 6.54 Å². The third-order valence-corrected chi connectivity index (χ3v) is 5.05. The Morgan fingerprint density at radius 3 is 2.04 bits per heavy atom. The quantitative estimate of drug-likeness (QED) is 0.828. The number of carbonyl (C=O) groups is 3. The molecule has 4 amide bonds. The van der Waals surface area contributed by atoms with Crippen molar-refractivity contribution in [2.24, 2.45) is 0 Å². The zero-order valence-electron chi connectivity index (χ0n) is 14.1. The topological polar surface area (TPSA) is 78.5 Å². The fraction of sp³-hybridized carbons (Fsp3) is 0.250. The van der Waals surface area contributed by atoms with Crippen LogP contribution < -0.4 is 10.6 Å². The molecule has 6 heteroatoms. The largest absolute Gasteiger partial charge is 0.332 e. The number of nitrogens with one attached hydrogen (secondary N) is 2. The lowest BCUT2D eigenvalue weighted by molar-refractivity contribution is -0.138. The van der Waals surface area contributed by atoms with Crippen molar-refractivity contribution in [3.63, 3.8) is 0 Å². The Morgan fingerprint density at radius 1 is 0.962 bits per heavy atom. The highest BCUT2D eigenvalue weighted by Gasteiger charge is 2.59. The molecule has 2 aliphatic heterocycles. The summed E-state index contributed by atoms with van der Waals surface area (Å²) in [6.07, 6.45) is 1.51. The van der Waals surface area contributed by atoms with Crippen LogP contribution in [-0.4, -0.2) is 35.3 Å². The second-order valence-corrected chi connectivity index (χ2v) is 6.52. The minimum Gasteiger partial charge on any atom is -0.306 e. The maximum atomic E-state index is 13.2. The fourth-order valence-corrected chi connectivity index (χ4v) is 3.86. The zero-order valence-corrected chi connectivity index (χ0v) is 14.1. The average molecular weight is 349 g/mol. The Morgan fingerprint density at radius 2 is 1.54 bits per heavy atom. The molecule has 2 fully saturated rings. The molecule has 0 aliphatic carbocycles. The van der Waals surface area contributed by atoms with E-state index in [1.165, 1.54) is 0 Å². The third kappa shape index (κ3) is 2.34. The van der Waals surface area contributed by atoms with Gasteiger partial charge in [-0.3, -0.25) is 14.9 Å². The van der Waals surface area contributed by atoms with E-state index in [1.807, 2.05) is 12.1 Å². The van der Waals surface area contributed by atoms with Crippen molar-refractivity contribution in [2.45, 2.75) is 24.4 Å². The summed E-state index contributed by atoms with van der Waals surface area (Å²) in [6.45, 7) is 0.726. The van der Waals surface area contributed by atoms with Crippen LogP contribution in [0.4, 0.5) is 4.79 Å². The normalized spacial score (nSPS) is 21.7. The highest BCUT2D eigenvalue weighted by molar-refractivity contribution is 6.16. The van der Waals surface area contributed by atoms with E-state index in [1.54, 1.807) is 48.5 Å². The van der Waals surface area contributed by atoms with Gasteiger partial charge < -0.3 is 5.32 Å². The molecular formula is C20H19N3O3. The number of amides is 4. The first-order valence-corrected chi connectivity index (χ1v) is 8.69. The summed E-state index contributed by atoms with van der Waals surface area (Å²) < 4.78 is 0. The van der Waals surface area contributed by atoms with Crippen LogP contribution >= 0.6 is 0 Å². The summed E-state index contributed by atoms with van der Waals surface area (Å²) in [5.41, 5.74) is -0.331. The van der Waals surface area contributed by atoms with Gasteiger partial charge in [0.15, 0.2) is 5.54 Å². The Labute approximate surface area is 151 Å². The Bertz CT molecular complexity index is 806. The average Bonchev–Trinajstić information content (AvgIpc) is 3.29. The second-order valence-electron chi connectivity index (χ2n) is 6.52. The minimum absolute atomic E-state index is 0.376. The maximum absolute atomic E-state index is 13.2. The molecule has 26 heavy (non-hydrogen) atoms. The van der Waals surface area contributed by atoms with Gasteiger partial charge in [-0.2, -0.15) is 0 Å². The summed E-state index contributed by atoms with van der Waals surface area (Å²) in [6, 6.07) is 16.8. The molecule has 0 saturated carbocycles. The molecule has 2 saturated heterocycles. The standard InChI is InChI=1S/C20H19N3O3/c24-17(16-12-7-13-21-16)23-19(26)22-18(25)20(23,14-8-3-1-4-9-14)15-10-5-2-6-11-15/h1-6,8-11,16,21H,7,12-13H2,(H,22,25,26)/t16-/m0/s1. The maximum Gasteiger partial charge on any atom is 0.332 e. The summed E-state index contributed by atoms with van der Waals surface area (Å²) in [5.74, 6) is -0.884. The van der Waals surface area contributed by atoms with Crippen molar-refractivity contribution in [1.29, 1.82) is 0 Å². The number of rotatable bonds is 3. The molecule has 2 heterocycles. The van der Waals surface area contributed by atoms with Gasteiger partial charge in [0.2, 0.25) is 5.91 Å². The molecule has 2 N–H and O–H groups in total. The van der Waals surface area contributed by atoms with Crippen molar-refractivity contribution in [3.8, 4) is 0 Å². The van der Waals surface area contributed by atoms with Crippen molar-refractivity contribution in [1.82, 2.24) is 15.5 Å². The fourth-order valence-electron chi connectivity index (χ4n) is 3.86. The molecule has 2 aliphatic rings.